The van der Waals surface area contributed by atoms with E-state index in [1.54, 1.807) is 37.3 Å². The summed E-state index contributed by atoms with van der Waals surface area (Å²) in [4.78, 5) is 21.6. The van der Waals surface area contributed by atoms with E-state index < -0.39 is 19.1 Å². The van der Waals surface area contributed by atoms with Gasteiger partial charge < -0.3 is 14.4 Å². The number of benzene rings is 1. The van der Waals surface area contributed by atoms with E-state index in [9.17, 15) is 14.3 Å². The quantitative estimate of drug-likeness (QED) is 0.661. The zero-order valence-corrected chi connectivity index (χ0v) is 12.3. The SMILES string of the molecule is CCC(=O)OCC1OCCC1P(=O)(O)c1ccccc1. The van der Waals surface area contributed by atoms with Crippen LogP contribution in [0.15, 0.2) is 30.3 Å². The van der Waals surface area contributed by atoms with Crippen LogP contribution in [0, 0.1) is 0 Å². The highest BCUT2D eigenvalue weighted by molar-refractivity contribution is 7.66. The van der Waals surface area contributed by atoms with Crippen molar-refractivity contribution in [3.05, 3.63) is 30.3 Å². The minimum absolute atomic E-state index is 0.0364. The Morgan fingerprint density at radius 2 is 2.15 bits per heavy atom. The van der Waals surface area contributed by atoms with Crippen molar-refractivity contribution in [3.8, 4) is 0 Å². The van der Waals surface area contributed by atoms with Crippen molar-refractivity contribution in [3.63, 3.8) is 0 Å². The van der Waals surface area contributed by atoms with Gasteiger partial charge in [0.1, 0.15) is 12.7 Å². The topological polar surface area (TPSA) is 72.8 Å². The average molecular weight is 298 g/mol. The zero-order chi connectivity index (χ0) is 14.6. The molecule has 3 atom stereocenters. The third kappa shape index (κ3) is 3.29. The number of ether oxygens (including phenoxy) is 2. The predicted molar refractivity (Wildman–Crippen MR) is 75.3 cm³/mol. The maximum atomic E-state index is 12.7. The Morgan fingerprint density at radius 3 is 2.80 bits per heavy atom. The van der Waals surface area contributed by atoms with Crippen molar-refractivity contribution in [2.75, 3.05) is 13.2 Å². The number of hydrogen-bond acceptors (Lipinski definition) is 4. The van der Waals surface area contributed by atoms with Gasteiger partial charge in [0.05, 0.1) is 5.66 Å². The molecule has 1 fully saturated rings. The molecule has 0 aromatic heterocycles. The molecule has 0 spiro atoms. The lowest BCUT2D eigenvalue weighted by atomic mass is 10.2. The molecule has 1 aliphatic heterocycles. The van der Waals surface area contributed by atoms with Crippen LogP contribution in [-0.4, -0.2) is 35.8 Å². The summed E-state index contributed by atoms with van der Waals surface area (Å²) in [5, 5.41) is 0.419. The van der Waals surface area contributed by atoms with Crippen molar-refractivity contribution in [1.82, 2.24) is 0 Å². The first-order chi connectivity index (χ1) is 9.55. The molecular formula is C14H19O5P. The van der Waals surface area contributed by atoms with Gasteiger partial charge in [0.15, 0.2) is 0 Å². The molecule has 1 N–H and O–H groups in total. The van der Waals surface area contributed by atoms with Crippen LogP contribution in [0.5, 0.6) is 0 Å². The van der Waals surface area contributed by atoms with Crippen LogP contribution in [-0.2, 0) is 18.8 Å². The van der Waals surface area contributed by atoms with Gasteiger partial charge in [0.25, 0.3) is 0 Å². The second-order valence-corrected chi connectivity index (χ2v) is 7.19. The van der Waals surface area contributed by atoms with Crippen molar-refractivity contribution < 1.29 is 23.7 Å². The van der Waals surface area contributed by atoms with Crippen molar-refractivity contribution in [1.29, 1.82) is 0 Å². The molecule has 1 saturated heterocycles. The molecule has 6 heteroatoms. The fourth-order valence-electron chi connectivity index (χ4n) is 2.31. The Hall–Kier alpha value is -1.16. The lowest BCUT2D eigenvalue weighted by molar-refractivity contribution is -0.146. The number of rotatable bonds is 5. The van der Waals surface area contributed by atoms with Gasteiger partial charge in [-0.25, -0.2) is 0 Å². The van der Waals surface area contributed by atoms with Crippen LogP contribution in [0.1, 0.15) is 19.8 Å². The summed E-state index contributed by atoms with van der Waals surface area (Å²) in [6.45, 7) is 2.15. The van der Waals surface area contributed by atoms with Crippen molar-refractivity contribution in [2.45, 2.75) is 31.5 Å². The van der Waals surface area contributed by atoms with Gasteiger partial charge >= 0.3 is 5.97 Å². The summed E-state index contributed by atoms with van der Waals surface area (Å²) in [6, 6.07) is 8.57. The molecule has 0 saturated carbocycles. The molecular weight excluding hydrogens is 279 g/mol. The van der Waals surface area contributed by atoms with E-state index >= 15 is 0 Å². The Labute approximate surface area is 118 Å². The normalized spacial score (nSPS) is 25.1. The molecule has 1 aliphatic rings. The van der Waals surface area contributed by atoms with E-state index in [1.165, 1.54) is 0 Å². The molecule has 5 nitrogen and oxygen atoms in total. The van der Waals surface area contributed by atoms with Gasteiger partial charge in [0, 0.05) is 18.3 Å². The number of hydrogen-bond donors (Lipinski definition) is 1. The summed E-state index contributed by atoms with van der Waals surface area (Å²) in [7, 11) is -3.53. The van der Waals surface area contributed by atoms with E-state index in [4.69, 9.17) is 9.47 Å². The van der Waals surface area contributed by atoms with E-state index in [2.05, 4.69) is 0 Å². The Bertz CT molecular complexity index is 502. The summed E-state index contributed by atoms with van der Waals surface area (Å²) >= 11 is 0. The molecule has 1 heterocycles. The van der Waals surface area contributed by atoms with Crippen LogP contribution in [0.2, 0.25) is 0 Å². The Kier molecular flexibility index (Phi) is 4.97. The fourth-order valence-corrected chi connectivity index (χ4v) is 4.37. The third-order valence-corrected chi connectivity index (χ3v) is 5.98. The van der Waals surface area contributed by atoms with Gasteiger partial charge in [-0.2, -0.15) is 0 Å². The molecule has 1 aromatic carbocycles. The lowest BCUT2D eigenvalue weighted by Gasteiger charge is -2.23. The number of esters is 1. The highest BCUT2D eigenvalue weighted by Gasteiger charge is 2.43. The minimum Gasteiger partial charge on any atom is -0.463 e. The van der Waals surface area contributed by atoms with Crippen molar-refractivity contribution >= 4 is 18.6 Å². The van der Waals surface area contributed by atoms with Crippen LogP contribution >= 0.6 is 7.37 Å². The fraction of sp³-hybridized carbons (Fsp3) is 0.500. The molecule has 0 aliphatic carbocycles. The highest BCUT2D eigenvalue weighted by Crippen LogP contribution is 2.50. The summed E-state index contributed by atoms with van der Waals surface area (Å²) in [5.41, 5.74) is -0.519. The van der Waals surface area contributed by atoms with E-state index in [1.807, 2.05) is 0 Å². The van der Waals surface area contributed by atoms with Gasteiger partial charge in [0.2, 0.25) is 7.37 Å². The van der Waals surface area contributed by atoms with Gasteiger partial charge in [-0.3, -0.25) is 9.36 Å². The first-order valence-electron chi connectivity index (χ1n) is 6.71. The summed E-state index contributed by atoms with van der Waals surface area (Å²) in [6.07, 6.45) is 0.269. The monoisotopic (exact) mass is 298 g/mol. The Balaban J connectivity index is 2.10. The van der Waals surface area contributed by atoms with E-state index in [-0.39, 0.29) is 19.0 Å². The maximum absolute atomic E-state index is 12.7. The maximum Gasteiger partial charge on any atom is 0.305 e. The van der Waals surface area contributed by atoms with Crippen LogP contribution in [0.4, 0.5) is 0 Å². The molecule has 2 rings (SSSR count). The second-order valence-electron chi connectivity index (χ2n) is 4.76. The van der Waals surface area contributed by atoms with Crippen LogP contribution in [0.3, 0.4) is 0 Å². The third-order valence-electron chi connectivity index (χ3n) is 3.45. The Morgan fingerprint density at radius 1 is 1.45 bits per heavy atom. The summed E-state index contributed by atoms with van der Waals surface area (Å²) in [5.74, 6) is -0.327. The zero-order valence-electron chi connectivity index (χ0n) is 11.4. The van der Waals surface area contributed by atoms with Gasteiger partial charge in [-0.15, -0.1) is 0 Å². The molecule has 1 aromatic rings. The van der Waals surface area contributed by atoms with E-state index in [0.717, 1.165) is 0 Å². The van der Waals surface area contributed by atoms with Crippen LogP contribution in [0.25, 0.3) is 0 Å². The first-order valence-corrected chi connectivity index (χ1v) is 8.44. The standard InChI is InChI=1S/C14H19O5P/c1-2-14(15)19-10-12-13(8-9-18-12)20(16,17)11-6-4-3-5-7-11/h3-7,12-13H,2,8-10H2,1H3,(H,16,17). The first kappa shape index (κ1) is 15.2. The smallest absolute Gasteiger partial charge is 0.305 e. The average Bonchev–Trinajstić information content (AvgIpc) is 2.95. The number of carbonyl (C=O) groups excluding carboxylic acids is 1. The largest absolute Gasteiger partial charge is 0.463 e. The predicted octanol–water partition coefficient (Wildman–Crippen LogP) is 1.69. The molecule has 110 valence electrons. The van der Waals surface area contributed by atoms with Crippen LogP contribution < -0.4 is 5.30 Å². The number of carbonyl (C=O) groups is 1. The summed E-state index contributed by atoms with van der Waals surface area (Å²) < 4.78 is 23.2. The minimum atomic E-state index is -3.53. The second kappa shape index (κ2) is 6.53. The van der Waals surface area contributed by atoms with Crippen molar-refractivity contribution in [2.24, 2.45) is 0 Å². The van der Waals surface area contributed by atoms with E-state index in [0.29, 0.717) is 18.3 Å². The molecule has 0 amide bonds. The molecule has 0 radical (unpaired) electrons. The lowest BCUT2D eigenvalue weighted by Crippen LogP contribution is -2.31. The highest BCUT2D eigenvalue weighted by atomic mass is 31.2. The van der Waals surface area contributed by atoms with Gasteiger partial charge in [-0.05, 0) is 18.6 Å². The molecule has 20 heavy (non-hydrogen) atoms. The molecule has 3 unspecified atom stereocenters. The molecule has 0 bridgehead atoms. The van der Waals surface area contributed by atoms with Gasteiger partial charge in [-0.1, -0.05) is 25.1 Å².